The molecule has 0 saturated carbocycles. The second kappa shape index (κ2) is 4.12. The van der Waals surface area contributed by atoms with Gasteiger partial charge in [-0.25, -0.2) is 4.52 Å². The number of benzene rings is 1. The molecule has 4 heteroatoms. The van der Waals surface area contributed by atoms with Crippen LogP contribution < -0.4 is 0 Å². The van der Waals surface area contributed by atoms with Crippen molar-refractivity contribution in [2.75, 3.05) is 0 Å². The summed E-state index contributed by atoms with van der Waals surface area (Å²) in [5, 5.41) is 15.6. The number of fused-ring (bicyclic) bond motifs is 2. The van der Waals surface area contributed by atoms with Gasteiger partial charge in [0.1, 0.15) is 22.8 Å². The quantitative estimate of drug-likeness (QED) is 0.571. The Morgan fingerprint density at radius 2 is 1.90 bits per heavy atom. The maximum atomic E-state index is 10.1. The third-order valence-corrected chi connectivity index (χ3v) is 3.77. The average molecular weight is 278 g/mol. The van der Waals surface area contributed by atoms with E-state index in [1.54, 1.807) is 6.07 Å². The van der Waals surface area contributed by atoms with Crippen LogP contribution in [0.5, 0.6) is 5.75 Å². The van der Waals surface area contributed by atoms with Crippen molar-refractivity contribution in [2.45, 2.75) is 13.8 Å². The molecule has 0 aliphatic carbocycles. The lowest BCUT2D eigenvalue weighted by atomic mass is 10.1. The highest BCUT2D eigenvalue weighted by Crippen LogP contribution is 2.36. The van der Waals surface area contributed by atoms with Crippen LogP contribution in [0.3, 0.4) is 0 Å². The zero-order valence-electron chi connectivity index (χ0n) is 11.8. The summed E-state index contributed by atoms with van der Waals surface area (Å²) in [6.07, 6.45) is 0. The van der Waals surface area contributed by atoms with Gasteiger partial charge in [0.2, 0.25) is 0 Å². The Bertz CT molecular complexity index is 979. The van der Waals surface area contributed by atoms with E-state index < -0.39 is 0 Å². The van der Waals surface area contributed by atoms with Crippen LogP contribution in [0.15, 0.2) is 46.9 Å². The van der Waals surface area contributed by atoms with Crippen LogP contribution in [0, 0.1) is 13.8 Å². The first-order valence-corrected chi connectivity index (χ1v) is 6.82. The maximum absolute atomic E-state index is 10.1. The molecule has 0 fully saturated rings. The smallest absolute Gasteiger partial charge is 0.143 e. The van der Waals surface area contributed by atoms with E-state index >= 15 is 0 Å². The van der Waals surface area contributed by atoms with Crippen LogP contribution >= 0.6 is 0 Å². The van der Waals surface area contributed by atoms with Gasteiger partial charge in [0.15, 0.2) is 0 Å². The van der Waals surface area contributed by atoms with Crippen molar-refractivity contribution < 1.29 is 9.52 Å². The molecule has 1 aromatic carbocycles. The Morgan fingerprint density at radius 3 is 2.67 bits per heavy atom. The highest BCUT2D eigenvalue weighted by atomic mass is 16.3. The minimum atomic E-state index is 0.173. The van der Waals surface area contributed by atoms with Gasteiger partial charge in [0.05, 0.1) is 11.1 Å². The highest BCUT2D eigenvalue weighted by molar-refractivity contribution is 6.02. The van der Waals surface area contributed by atoms with Crippen molar-refractivity contribution in [3.8, 4) is 17.1 Å². The molecule has 0 bridgehead atoms. The van der Waals surface area contributed by atoms with E-state index in [1.807, 2.05) is 54.8 Å². The fourth-order valence-corrected chi connectivity index (χ4v) is 2.76. The summed E-state index contributed by atoms with van der Waals surface area (Å²) < 4.78 is 7.65. The molecule has 0 saturated heterocycles. The molecule has 104 valence electrons. The van der Waals surface area contributed by atoms with Gasteiger partial charge in [0.25, 0.3) is 0 Å². The molecular formula is C17H14N2O2. The first-order valence-electron chi connectivity index (χ1n) is 6.82. The molecule has 1 N–H and O–H groups in total. The molecular weight excluding hydrogens is 264 g/mol. The van der Waals surface area contributed by atoms with E-state index in [1.165, 1.54) is 0 Å². The van der Waals surface area contributed by atoms with Crippen LogP contribution in [-0.4, -0.2) is 14.7 Å². The standard InChI is InChI=1S/C17H14N2O2/c1-10-6-8-13-16(15-9-7-11(2)21-15)12-4-3-5-14(20)17(12)18-19(10)13/h3-9,20H,1-2H3. The Balaban J connectivity index is 2.25. The zero-order valence-corrected chi connectivity index (χ0v) is 11.8. The molecule has 21 heavy (non-hydrogen) atoms. The Kier molecular flexibility index (Phi) is 2.36. The van der Waals surface area contributed by atoms with Crippen molar-refractivity contribution in [3.63, 3.8) is 0 Å². The lowest BCUT2D eigenvalue weighted by Crippen LogP contribution is -1.97. The van der Waals surface area contributed by atoms with Gasteiger partial charge >= 0.3 is 0 Å². The number of phenolic OH excluding ortho intramolecular Hbond substituents is 1. The molecule has 0 spiro atoms. The number of aromatic nitrogens is 2. The molecule has 0 amide bonds. The normalized spacial score (nSPS) is 11.5. The highest BCUT2D eigenvalue weighted by Gasteiger charge is 2.16. The number of phenols is 1. The van der Waals surface area contributed by atoms with Crippen molar-refractivity contribution in [1.82, 2.24) is 9.61 Å². The Hall–Kier alpha value is -2.75. The van der Waals surface area contributed by atoms with Gasteiger partial charge in [-0.1, -0.05) is 12.1 Å². The van der Waals surface area contributed by atoms with E-state index in [4.69, 9.17) is 4.42 Å². The molecule has 4 aromatic rings. The maximum Gasteiger partial charge on any atom is 0.143 e. The number of hydrogen-bond acceptors (Lipinski definition) is 3. The van der Waals surface area contributed by atoms with E-state index in [0.29, 0.717) is 5.52 Å². The second-order valence-electron chi connectivity index (χ2n) is 5.23. The zero-order chi connectivity index (χ0) is 14.6. The van der Waals surface area contributed by atoms with Crippen LogP contribution in [-0.2, 0) is 0 Å². The molecule has 0 unspecified atom stereocenters. The summed E-state index contributed by atoms with van der Waals surface area (Å²) in [6, 6.07) is 13.4. The molecule has 3 aromatic heterocycles. The fourth-order valence-electron chi connectivity index (χ4n) is 2.76. The Morgan fingerprint density at radius 1 is 1.05 bits per heavy atom. The lowest BCUT2D eigenvalue weighted by molar-refractivity contribution is 0.479. The lowest BCUT2D eigenvalue weighted by Gasteiger charge is -2.09. The molecule has 4 nitrogen and oxygen atoms in total. The minimum absolute atomic E-state index is 0.173. The predicted molar refractivity (Wildman–Crippen MR) is 81.5 cm³/mol. The van der Waals surface area contributed by atoms with E-state index in [0.717, 1.165) is 33.7 Å². The molecule has 3 heterocycles. The van der Waals surface area contributed by atoms with Gasteiger partial charge in [-0.3, -0.25) is 0 Å². The van der Waals surface area contributed by atoms with Crippen LogP contribution in [0.2, 0.25) is 0 Å². The average Bonchev–Trinajstić information content (AvgIpc) is 3.04. The summed E-state index contributed by atoms with van der Waals surface area (Å²) in [5.74, 6) is 1.82. The van der Waals surface area contributed by atoms with Gasteiger partial charge in [-0.15, -0.1) is 0 Å². The second-order valence-corrected chi connectivity index (χ2v) is 5.23. The molecule has 0 aliphatic heterocycles. The topological polar surface area (TPSA) is 50.7 Å². The van der Waals surface area contributed by atoms with Crippen molar-refractivity contribution in [2.24, 2.45) is 0 Å². The molecule has 0 aliphatic rings. The van der Waals surface area contributed by atoms with Crippen molar-refractivity contribution in [1.29, 1.82) is 0 Å². The van der Waals surface area contributed by atoms with Gasteiger partial charge in [0, 0.05) is 11.1 Å². The first kappa shape index (κ1) is 12.0. The monoisotopic (exact) mass is 278 g/mol. The predicted octanol–water partition coefficient (Wildman–Crippen LogP) is 4.07. The van der Waals surface area contributed by atoms with Gasteiger partial charge < -0.3 is 9.52 Å². The largest absolute Gasteiger partial charge is 0.506 e. The number of rotatable bonds is 1. The number of hydrogen-bond donors (Lipinski definition) is 1. The van der Waals surface area contributed by atoms with Gasteiger partial charge in [-0.2, -0.15) is 5.10 Å². The third-order valence-electron chi connectivity index (χ3n) is 3.77. The summed E-state index contributed by atoms with van der Waals surface area (Å²) in [5.41, 5.74) is 3.52. The Labute approximate surface area is 121 Å². The number of furan rings is 1. The van der Waals surface area contributed by atoms with Gasteiger partial charge in [-0.05, 0) is 44.2 Å². The minimum Gasteiger partial charge on any atom is -0.506 e. The van der Waals surface area contributed by atoms with E-state index in [9.17, 15) is 5.11 Å². The number of aryl methyl sites for hydroxylation is 2. The van der Waals surface area contributed by atoms with Crippen molar-refractivity contribution in [3.05, 3.63) is 53.9 Å². The summed E-state index contributed by atoms with van der Waals surface area (Å²) in [4.78, 5) is 0. The van der Waals surface area contributed by atoms with Crippen LogP contribution in [0.25, 0.3) is 27.7 Å². The van der Waals surface area contributed by atoms with Crippen LogP contribution in [0.1, 0.15) is 11.5 Å². The third kappa shape index (κ3) is 1.65. The first-order chi connectivity index (χ1) is 10.1. The van der Waals surface area contributed by atoms with E-state index in [-0.39, 0.29) is 5.75 Å². The number of nitrogens with zero attached hydrogens (tertiary/aromatic N) is 2. The summed E-state index contributed by atoms with van der Waals surface area (Å²) in [6.45, 7) is 3.91. The molecule has 4 rings (SSSR count). The van der Waals surface area contributed by atoms with Crippen molar-refractivity contribution >= 4 is 16.4 Å². The van der Waals surface area contributed by atoms with Crippen LogP contribution in [0.4, 0.5) is 0 Å². The molecule has 0 radical (unpaired) electrons. The summed E-state index contributed by atoms with van der Waals surface area (Å²) >= 11 is 0. The SMILES string of the molecule is Cc1ccc(-c2c3cccc(O)c3nn3c(C)ccc23)o1. The number of aromatic hydroxyl groups is 1. The molecule has 0 atom stereocenters. The van der Waals surface area contributed by atoms with E-state index in [2.05, 4.69) is 5.10 Å². The fraction of sp³-hybridized carbons (Fsp3) is 0.118. The summed E-state index contributed by atoms with van der Waals surface area (Å²) in [7, 11) is 0.